The minimum absolute atomic E-state index is 0. The van der Waals surface area contributed by atoms with Crippen molar-refractivity contribution in [2.24, 2.45) is 11.7 Å². The highest BCUT2D eigenvalue weighted by Crippen LogP contribution is 2.19. The lowest BCUT2D eigenvalue weighted by Crippen LogP contribution is -2.45. The molecule has 1 fully saturated rings. The van der Waals surface area contributed by atoms with Gasteiger partial charge in [-0.15, -0.1) is 12.4 Å². The van der Waals surface area contributed by atoms with E-state index in [2.05, 4.69) is 5.32 Å². The number of halogens is 2. The fraction of sp³-hybridized carbons (Fsp3) is 0.529. The second kappa shape index (κ2) is 8.99. The Kier molecular flexibility index (Phi) is 7.63. The first-order valence-electron chi connectivity index (χ1n) is 8.01. The molecule has 7 heteroatoms. The summed E-state index contributed by atoms with van der Waals surface area (Å²) in [6.45, 7) is 4.97. The van der Waals surface area contributed by atoms with Crippen LogP contribution in [-0.2, 0) is 4.79 Å². The molecule has 134 valence electrons. The number of nitrogens with one attached hydrogen (secondary N) is 1. The number of benzene rings is 1. The van der Waals surface area contributed by atoms with Crippen molar-refractivity contribution in [3.8, 4) is 0 Å². The van der Waals surface area contributed by atoms with Crippen molar-refractivity contribution in [2.45, 2.75) is 39.2 Å². The maximum atomic E-state index is 14.1. The van der Waals surface area contributed by atoms with Gasteiger partial charge in [0.25, 0.3) is 5.91 Å². The van der Waals surface area contributed by atoms with E-state index in [-0.39, 0.29) is 47.4 Å². The first kappa shape index (κ1) is 20.4. The molecule has 3 N–H and O–H groups in total. The molecule has 24 heavy (non-hydrogen) atoms. The molecule has 1 aromatic carbocycles. The SMILES string of the molecule is CC(C)CC(=O)Nc1ccc(C(=O)N2CCCC(N)C2)cc1F.Cl. The number of carbonyl (C=O) groups excluding carboxylic acids is 2. The van der Waals surface area contributed by atoms with E-state index < -0.39 is 5.82 Å². The van der Waals surface area contributed by atoms with Crippen LogP contribution in [0.1, 0.15) is 43.5 Å². The van der Waals surface area contributed by atoms with Crippen LogP contribution in [0.4, 0.5) is 10.1 Å². The van der Waals surface area contributed by atoms with Crippen LogP contribution < -0.4 is 11.1 Å². The average Bonchev–Trinajstić information content (AvgIpc) is 2.47. The topological polar surface area (TPSA) is 75.4 Å². The van der Waals surface area contributed by atoms with E-state index in [1.165, 1.54) is 18.2 Å². The molecule has 1 atom stereocenters. The van der Waals surface area contributed by atoms with Gasteiger partial charge in [-0.25, -0.2) is 4.39 Å². The Morgan fingerprint density at radius 3 is 2.71 bits per heavy atom. The summed E-state index contributed by atoms with van der Waals surface area (Å²) in [5.74, 6) is -0.865. The molecular weight excluding hydrogens is 333 g/mol. The lowest BCUT2D eigenvalue weighted by Gasteiger charge is -2.30. The minimum Gasteiger partial charge on any atom is -0.337 e. The third-order valence-electron chi connectivity index (χ3n) is 3.83. The van der Waals surface area contributed by atoms with Crippen LogP contribution in [0.3, 0.4) is 0 Å². The van der Waals surface area contributed by atoms with Gasteiger partial charge >= 0.3 is 0 Å². The Morgan fingerprint density at radius 2 is 2.12 bits per heavy atom. The molecule has 0 radical (unpaired) electrons. The Labute approximate surface area is 148 Å². The highest BCUT2D eigenvalue weighted by Gasteiger charge is 2.23. The van der Waals surface area contributed by atoms with Gasteiger partial charge in [-0.1, -0.05) is 13.8 Å². The number of carbonyl (C=O) groups is 2. The van der Waals surface area contributed by atoms with Crippen molar-refractivity contribution < 1.29 is 14.0 Å². The summed E-state index contributed by atoms with van der Waals surface area (Å²) < 4.78 is 14.1. The van der Waals surface area contributed by atoms with Crippen LogP contribution in [0.2, 0.25) is 0 Å². The number of hydrogen-bond acceptors (Lipinski definition) is 3. The van der Waals surface area contributed by atoms with E-state index in [4.69, 9.17) is 5.73 Å². The molecule has 1 aromatic rings. The van der Waals surface area contributed by atoms with Crippen LogP contribution in [0, 0.1) is 11.7 Å². The molecule has 5 nitrogen and oxygen atoms in total. The van der Waals surface area contributed by atoms with Crippen LogP contribution in [0.5, 0.6) is 0 Å². The zero-order valence-corrected chi connectivity index (χ0v) is 14.9. The maximum absolute atomic E-state index is 14.1. The molecule has 2 amide bonds. The summed E-state index contributed by atoms with van der Waals surface area (Å²) >= 11 is 0. The first-order valence-corrected chi connectivity index (χ1v) is 8.01. The number of amides is 2. The zero-order chi connectivity index (χ0) is 17.0. The van der Waals surface area contributed by atoms with E-state index in [1.807, 2.05) is 13.8 Å². The fourth-order valence-corrected chi connectivity index (χ4v) is 2.70. The molecule has 2 rings (SSSR count). The van der Waals surface area contributed by atoms with Gasteiger partial charge in [0.2, 0.25) is 5.91 Å². The van der Waals surface area contributed by atoms with Gasteiger partial charge in [-0.2, -0.15) is 0 Å². The van der Waals surface area contributed by atoms with Crippen molar-refractivity contribution in [3.05, 3.63) is 29.6 Å². The number of anilines is 1. The molecule has 0 aliphatic carbocycles. The maximum Gasteiger partial charge on any atom is 0.254 e. The molecule has 1 unspecified atom stereocenters. The third-order valence-corrected chi connectivity index (χ3v) is 3.83. The highest BCUT2D eigenvalue weighted by atomic mass is 35.5. The van der Waals surface area contributed by atoms with Crippen molar-refractivity contribution in [3.63, 3.8) is 0 Å². The van der Waals surface area contributed by atoms with Crippen LogP contribution in [0.25, 0.3) is 0 Å². The first-order chi connectivity index (χ1) is 10.9. The summed E-state index contributed by atoms with van der Waals surface area (Å²) in [6, 6.07) is 4.13. The van der Waals surface area contributed by atoms with Gasteiger partial charge in [0.15, 0.2) is 0 Å². The number of nitrogens with zero attached hydrogens (tertiary/aromatic N) is 1. The third kappa shape index (κ3) is 5.46. The highest BCUT2D eigenvalue weighted by molar-refractivity contribution is 5.96. The Balaban J connectivity index is 0.00000288. The standard InChI is InChI=1S/C17H24FN3O2.ClH/c1-11(2)8-16(22)20-15-6-5-12(9-14(15)18)17(23)21-7-3-4-13(19)10-21;/h5-6,9,11,13H,3-4,7-8,10,19H2,1-2H3,(H,20,22);1H. The van der Waals surface area contributed by atoms with Gasteiger partial charge in [0.1, 0.15) is 5.82 Å². The van der Waals surface area contributed by atoms with Crippen molar-refractivity contribution in [1.82, 2.24) is 4.90 Å². The van der Waals surface area contributed by atoms with E-state index in [1.54, 1.807) is 4.90 Å². The number of nitrogens with two attached hydrogens (primary N) is 1. The van der Waals surface area contributed by atoms with E-state index in [9.17, 15) is 14.0 Å². The smallest absolute Gasteiger partial charge is 0.254 e. The largest absolute Gasteiger partial charge is 0.337 e. The molecule has 0 saturated carbocycles. The summed E-state index contributed by atoms with van der Waals surface area (Å²) in [5, 5.41) is 2.54. The molecule has 1 saturated heterocycles. The Bertz CT molecular complexity index is 595. The second-order valence-electron chi connectivity index (χ2n) is 6.49. The van der Waals surface area contributed by atoms with Gasteiger partial charge in [0.05, 0.1) is 5.69 Å². The molecule has 1 aliphatic heterocycles. The van der Waals surface area contributed by atoms with Crippen LogP contribution in [-0.4, -0.2) is 35.8 Å². The van der Waals surface area contributed by atoms with Gasteiger partial charge in [0, 0.05) is 31.1 Å². The minimum atomic E-state index is -0.603. The van der Waals surface area contributed by atoms with E-state index in [0.29, 0.717) is 19.5 Å². The fourth-order valence-electron chi connectivity index (χ4n) is 2.70. The van der Waals surface area contributed by atoms with Crippen molar-refractivity contribution >= 4 is 29.9 Å². The normalized spacial score (nSPS) is 17.4. The monoisotopic (exact) mass is 357 g/mol. The summed E-state index contributed by atoms with van der Waals surface area (Å²) in [6.07, 6.45) is 2.09. The number of likely N-dealkylation sites (tertiary alicyclic amines) is 1. The molecular formula is C17H25ClFN3O2. The predicted molar refractivity (Wildman–Crippen MR) is 94.8 cm³/mol. The zero-order valence-electron chi connectivity index (χ0n) is 14.0. The van der Waals surface area contributed by atoms with Crippen molar-refractivity contribution in [1.29, 1.82) is 0 Å². The van der Waals surface area contributed by atoms with Crippen molar-refractivity contribution in [2.75, 3.05) is 18.4 Å². The average molecular weight is 358 g/mol. The lowest BCUT2D eigenvalue weighted by molar-refractivity contribution is -0.116. The number of rotatable bonds is 4. The molecule has 0 aromatic heterocycles. The summed E-state index contributed by atoms with van der Waals surface area (Å²) in [4.78, 5) is 25.8. The summed E-state index contributed by atoms with van der Waals surface area (Å²) in [5.41, 5.74) is 6.25. The predicted octanol–water partition coefficient (Wildman–Crippen LogP) is 2.80. The van der Waals surface area contributed by atoms with Gasteiger partial charge < -0.3 is 16.0 Å². The Morgan fingerprint density at radius 1 is 1.42 bits per heavy atom. The van der Waals surface area contributed by atoms with Crippen LogP contribution in [0.15, 0.2) is 18.2 Å². The number of piperidine rings is 1. The van der Waals surface area contributed by atoms with Crippen LogP contribution >= 0.6 is 12.4 Å². The molecule has 1 heterocycles. The van der Waals surface area contributed by atoms with E-state index >= 15 is 0 Å². The lowest BCUT2D eigenvalue weighted by atomic mass is 10.0. The molecule has 1 aliphatic rings. The quantitative estimate of drug-likeness (QED) is 0.870. The summed E-state index contributed by atoms with van der Waals surface area (Å²) in [7, 11) is 0. The Hall–Kier alpha value is -1.66. The van der Waals surface area contributed by atoms with Gasteiger partial charge in [-0.3, -0.25) is 9.59 Å². The molecule has 0 spiro atoms. The number of hydrogen-bond donors (Lipinski definition) is 2. The molecule has 0 bridgehead atoms. The second-order valence-corrected chi connectivity index (χ2v) is 6.49. The van der Waals surface area contributed by atoms with Gasteiger partial charge in [-0.05, 0) is 37.0 Å². The van der Waals surface area contributed by atoms with E-state index in [0.717, 1.165) is 12.8 Å².